The molecular weight excluding hydrogens is 576 g/mol. The molecule has 0 spiro atoms. The monoisotopic (exact) mass is 598 g/mol. The number of hydrogen-bond acceptors (Lipinski definition) is 4. The zero-order valence-electron chi connectivity index (χ0n) is 11.6. The first-order chi connectivity index (χ1) is 7.76. The van der Waals surface area contributed by atoms with E-state index in [2.05, 4.69) is 21.9 Å². The quantitative estimate of drug-likeness (QED) is 0.298. The Morgan fingerprint density at radius 3 is 2.53 bits per heavy atom. The van der Waals surface area contributed by atoms with Crippen LogP contribution in [0.2, 0.25) is 0 Å². The zero-order chi connectivity index (χ0) is 11.5. The van der Waals surface area contributed by atoms with Crippen LogP contribution in [-0.4, -0.2) is 97.5 Å². The van der Waals surface area contributed by atoms with Gasteiger partial charge in [-0.15, -0.1) is 11.8 Å². The third kappa shape index (κ3) is 5.53. The molecule has 4 nitrogen and oxygen atoms in total. The van der Waals surface area contributed by atoms with Crippen molar-refractivity contribution in [3.05, 3.63) is 12.2 Å². The second-order valence-corrected chi connectivity index (χ2v) is 4.58. The average Bonchev–Trinajstić information content (AvgIpc) is 2.68. The van der Waals surface area contributed by atoms with E-state index in [1.54, 1.807) is 18.1 Å². The molecule has 0 amide bonds. The van der Waals surface area contributed by atoms with Gasteiger partial charge in [-0.1, -0.05) is 13.3 Å². The smallest absolute Gasteiger partial charge is 0 e. The van der Waals surface area contributed by atoms with Gasteiger partial charge in [0.15, 0.2) is 5.65 Å². The molecule has 0 saturated carbocycles. The van der Waals surface area contributed by atoms with E-state index >= 15 is 0 Å². The summed E-state index contributed by atoms with van der Waals surface area (Å²) in [6.07, 6.45) is 7.08. The fourth-order valence-electron chi connectivity index (χ4n) is 1.61. The minimum Gasteiger partial charge on any atom is 0 e. The minimum atomic E-state index is 0. The van der Waals surface area contributed by atoms with Crippen molar-refractivity contribution < 1.29 is 0 Å². The third-order valence-corrected chi connectivity index (χ3v) is 3.19. The van der Waals surface area contributed by atoms with Crippen molar-refractivity contribution in [3.63, 3.8) is 0 Å². The summed E-state index contributed by atoms with van der Waals surface area (Å²) >= 11 is 1.63. The van der Waals surface area contributed by atoms with Gasteiger partial charge < -0.3 is 4.57 Å². The maximum atomic E-state index is 4.56. The van der Waals surface area contributed by atoms with Crippen LogP contribution in [0.15, 0.2) is 11.4 Å². The molecule has 2 rings (SSSR count). The molecular formula is C11H18N4SSn3. The largest absolute Gasteiger partial charge is 0 e. The number of aryl methyl sites for hydroxylation is 2. The first-order valence-corrected chi connectivity index (χ1v) is 6.70. The summed E-state index contributed by atoms with van der Waals surface area (Å²) in [7, 11) is 1.97. The van der Waals surface area contributed by atoms with Gasteiger partial charge in [0.05, 0.1) is 6.33 Å². The van der Waals surface area contributed by atoms with E-state index < -0.39 is 0 Å². The first-order valence-electron chi connectivity index (χ1n) is 5.48. The van der Waals surface area contributed by atoms with Crippen molar-refractivity contribution in [3.8, 4) is 0 Å². The SMILES string of the molecule is CCCCc1nc(SC)c2ncn(C)c2n1.[SnH].[SnH].[Sn]. The molecule has 19 heavy (non-hydrogen) atoms. The van der Waals surface area contributed by atoms with Gasteiger partial charge in [0.2, 0.25) is 0 Å². The minimum absolute atomic E-state index is 0. The van der Waals surface area contributed by atoms with E-state index in [4.69, 9.17) is 0 Å². The predicted molar refractivity (Wildman–Crippen MR) is 86.7 cm³/mol. The van der Waals surface area contributed by atoms with E-state index in [-0.39, 0.29) is 71.7 Å². The molecule has 0 saturated heterocycles. The van der Waals surface area contributed by atoms with Gasteiger partial charge in [-0.05, 0) is 12.7 Å². The van der Waals surface area contributed by atoms with Crippen LogP contribution in [0, 0.1) is 0 Å². The van der Waals surface area contributed by atoms with Crippen LogP contribution in [0.5, 0.6) is 0 Å². The normalized spacial score (nSPS) is 9.42. The van der Waals surface area contributed by atoms with Crippen LogP contribution >= 0.6 is 11.8 Å². The maximum Gasteiger partial charge on any atom is 0 e. The van der Waals surface area contributed by atoms with Crippen LogP contribution in [0.1, 0.15) is 25.6 Å². The molecule has 8 heteroatoms. The molecule has 2 aromatic rings. The molecule has 0 aliphatic rings. The molecule has 0 fully saturated rings. The van der Waals surface area contributed by atoms with E-state index in [0.29, 0.717) is 0 Å². The van der Waals surface area contributed by atoms with Crippen LogP contribution in [0.25, 0.3) is 11.2 Å². The van der Waals surface area contributed by atoms with Gasteiger partial charge in [-0.3, -0.25) is 0 Å². The fourth-order valence-corrected chi connectivity index (χ4v) is 2.15. The molecule has 0 atom stereocenters. The number of rotatable bonds is 4. The Hall–Kier alpha value is 1.30. The van der Waals surface area contributed by atoms with Crippen LogP contribution in [0.4, 0.5) is 0 Å². The van der Waals surface area contributed by atoms with Crippen LogP contribution in [0.3, 0.4) is 0 Å². The van der Waals surface area contributed by atoms with Crippen molar-refractivity contribution in [2.45, 2.75) is 31.2 Å². The van der Waals surface area contributed by atoms with E-state index in [9.17, 15) is 0 Å². The Labute approximate surface area is 169 Å². The molecule has 0 bridgehead atoms. The Balaban J connectivity index is 0. The average molecular weight is 594 g/mol. The Morgan fingerprint density at radius 2 is 1.95 bits per heavy atom. The van der Waals surface area contributed by atoms with Gasteiger partial charge in [-0.25, -0.2) is 15.0 Å². The number of unbranched alkanes of at least 4 members (excludes halogenated alkanes) is 1. The van der Waals surface area contributed by atoms with Crippen molar-refractivity contribution in [1.82, 2.24) is 19.5 Å². The van der Waals surface area contributed by atoms with Crippen LogP contribution < -0.4 is 0 Å². The molecule has 0 N–H and O–H groups in total. The maximum absolute atomic E-state index is 4.56. The Kier molecular flexibility index (Phi) is 13.0. The molecule has 10 radical (unpaired) electrons. The topological polar surface area (TPSA) is 43.6 Å². The summed E-state index contributed by atoms with van der Waals surface area (Å²) in [4.78, 5) is 13.4. The summed E-state index contributed by atoms with van der Waals surface area (Å²) in [6.45, 7) is 2.18. The van der Waals surface area contributed by atoms with E-state index in [1.807, 2.05) is 17.9 Å². The Bertz CT molecular complexity index is 504. The molecule has 0 unspecified atom stereocenters. The molecule has 2 aromatic heterocycles. The second-order valence-electron chi connectivity index (χ2n) is 3.78. The summed E-state index contributed by atoms with van der Waals surface area (Å²) in [5, 5.41) is 0.983. The zero-order valence-corrected chi connectivity index (χ0v) is 21.8. The van der Waals surface area contributed by atoms with Gasteiger partial charge in [-0.2, -0.15) is 0 Å². The first kappa shape index (κ1) is 22.6. The van der Waals surface area contributed by atoms with Crippen molar-refractivity contribution in [1.29, 1.82) is 0 Å². The standard InChI is InChI=1S/C11H16N4S.3Sn.2H/c1-4-5-6-8-13-10-9(11(14-8)16-3)12-7-15(10)2;;;;;/h7H,4-6H2,1-3H3;;;;;. The van der Waals surface area contributed by atoms with Gasteiger partial charge in [0, 0.05) is 37.4 Å². The van der Waals surface area contributed by atoms with Gasteiger partial charge in [0.1, 0.15) is 16.4 Å². The van der Waals surface area contributed by atoms with Crippen LogP contribution in [-0.2, 0) is 13.5 Å². The second kappa shape index (κ2) is 10.9. The summed E-state index contributed by atoms with van der Waals surface area (Å²) < 4.78 is 1.95. The summed E-state index contributed by atoms with van der Waals surface area (Å²) in [5.74, 6) is 0.933. The molecule has 0 aromatic carbocycles. The van der Waals surface area contributed by atoms with Gasteiger partial charge >= 0.3 is 47.8 Å². The number of aromatic nitrogens is 4. The molecule has 2 heterocycles. The predicted octanol–water partition coefficient (Wildman–Crippen LogP) is 0.750. The number of imidazole rings is 1. The fraction of sp³-hybridized carbons (Fsp3) is 0.545. The van der Waals surface area contributed by atoms with Crippen molar-refractivity contribution in [2.24, 2.45) is 7.05 Å². The van der Waals surface area contributed by atoms with E-state index in [0.717, 1.165) is 34.9 Å². The summed E-state index contributed by atoms with van der Waals surface area (Å²) in [6, 6.07) is 0. The number of thioether (sulfide) groups is 1. The van der Waals surface area contributed by atoms with Crippen molar-refractivity contribution >= 4 is 94.6 Å². The summed E-state index contributed by atoms with van der Waals surface area (Å²) in [5.41, 5.74) is 1.85. The molecule has 0 aliphatic heterocycles. The number of nitrogens with zero attached hydrogens (tertiary/aromatic N) is 4. The number of hydrogen-bond donors (Lipinski definition) is 0. The Morgan fingerprint density at radius 1 is 1.26 bits per heavy atom. The molecule has 100 valence electrons. The van der Waals surface area contributed by atoms with Gasteiger partial charge in [0.25, 0.3) is 0 Å². The van der Waals surface area contributed by atoms with Crippen molar-refractivity contribution in [2.75, 3.05) is 6.26 Å². The van der Waals surface area contributed by atoms with E-state index in [1.165, 1.54) is 6.42 Å². The third-order valence-electron chi connectivity index (χ3n) is 2.52. The number of fused-ring (bicyclic) bond motifs is 1. The molecule has 0 aliphatic carbocycles.